The normalized spacial score (nSPS) is 10.4. The molecular weight excluding hydrogens is 299 g/mol. The van der Waals surface area contributed by atoms with Crippen molar-refractivity contribution in [3.63, 3.8) is 0 Å². The molecule has 2 aromatic rings. The van der Waals surface area contributed by atoms with Crippen LogP contribution in [0.3, 0.4) is 0 Å². The monoisotopic (exact) mass is 310 g/mol. The van der Waals surface area contributed by atoms with Gasteiger partial charge in [-0.1, -0.05) is 15.9 Å². The van der Waals surface area contributed by atoms with Crippen molar-refractivity contribution in [2.24, 2.45) is 0 Å². The average Bonchev–Trinajstić information content (AvgIpc) is 2.35. The van der Waals surface area contributed by atoms with Crippen LogP contribution in [0.2, 0.25) is 0 Å². The quantitative estimate of drug-likeness (QED) is 0.911. The van der Waals surface area contributed by atoms with Gasteiger partial charge in [0, 0.05) is 10.7 Å². The molecule has 0 aliphatic heterocycles. The standard InChI is InChI=1S/C12H12BrFN4/c1-15-7-12-16-5-4-11(18-12)17-10-6-8(13)2-3-9(10)14/h2-6,15H,7H2,1H3,(H,16,17,18). The van der Waals surface area contributed by atoms with Crippen molar-refractivity contribution in [2.75, 3.05) is 12.4 Å². The van der Waals surface area contributed by atoms with E-state index in [4.69, 9.17) is 0 Å². The maximum Gasteiger partial charge on any atom is 0.146 e. The van der Waals surface area contributed by atoms with Crippen LogP contribution in [0.1, 0.15) is 5.82 Å². The molecule has 4 nitrogen and oxygen atoms in total. The van der Waals surface area contributed by atoms with Crippen molar-refractivity contribution in [3.8, 4) is 0 Å². The number of nitrogens with one attached hydrogen (secondary N) is 2. The van der Waals surface area contributed by atoms with Crippen molar-refractivity contribution in [3.05, 3.63) is 46.6 Å². The van der Waals surface area contributed by atoms with Gasteiger partial charge < -0.3 is 10.6 Å². The summed E-state index contributed by atoms with van der Waals surface area (Å²) in [5.41, 5.74) is 0.374. The zero-order valence-corrected chi connectivity index (χ0v) is 11.3. The lowest BCUT2D eigenvalue weighted by Crippen LogP contribution is -2.09. The van der Waals surface area contributed by atoms with Crippen LogP contribution in [0.15, 0.2) is 34.9 Å². The summed E-state index contributed by atoms with van der Waals surface area (Å²) >= 11 is 3.30. The molecule has 0 bridgehead atoms. The number of nitrogens with zero attached hydrogens (tertiary/aromatic N) is 2. The second-order valence-electron chi connectivity index (χ2n) is 3.64. The lowest BCUT2D eigenvalue weighted by molar-refractivity contribution is 0.631. The Bertz CT molecular complexity index is 547. The molecule has 1 aromatic carbocycles. The first-order chi connectivity index (χ1) is 8.69. The zero-order chi connectivity index (χ0) is 13.0. The molecule has 0 saturated heterocycles. The third kappa shape index (κ3) is 3.24. The minimum absolute atomic E-state index is 0.327. The highest BCUT2D eigenvalue weighted by atomic mass is 79.9. The van der Waals surface area contributed by atoms with E-state index in [1.54, 1.807) is 24.4 Å². The van der Waals surface area contributed by atoms with Crippen LogP contribution < -0.4 is 10.6 Å². The summed E-state index contributed by atoms with van der Waals surface area (Å²) in [6, 6.07) is 6.39. The van der Waals surface area contributed by atoms with Gasteiger partial charge in [0.1, 0.15) is 17.5 Å². The van der Waals surface area contributed by atoms with Gasteiger partial charge in [-0.2, -0.15) is 0 Å². The summed E-state index contributed by atoms with van der Waals surface area (Å²) in [4.78, 5) is 8.36. The molecular formula is C12H12BrFN4. The summed E-state index contributed by atoms with van der Waals surface area (Å²) in [6.07, 6.45) is 1.64. The topological polar surface area (TPSA) is 49.8 Å². The summed E-state index contributed by atoms with van der Waals surface area (Å²) in [5.74, 6) is 0.886. The molecule has 94 valence electrons. The highest BCUT2D eigenvalue weighted by molar-refractivity contribution is 9.10. The van der Waals surface area contributed by atoms with Crippen molar-refractivity contribution in [2.45, 2.75) is 6.54 Å². The second-order valence-corrected chi connectivity index (χ2v) is 4.55. The average molecular weight is 311 g/mol. The number of halogens is 2. The molecule has 18 heavy (non-hydrogen) atoms. The van der Waals surface area contributed by atoms with Gasteiger partial charge in [0.25, 0.3) is 0 Å². The molecule has 0 fully saturated rings. The van der Waals surface area contributed by atoms with E-state index in [0.717, 1.165) is 4.47 Å². The van der Waals surface area contributed by atoms with Crippen LogP contribution in [0.5, 0.6) is 0 Å². The Morgan fingerprint density at radius 1 is 1.33 bits per heavy atom. The first kappa shape index (κ1) is 12.9. The molecule has 0 amide bonds. The molecule has 0 radical (unpaired) electrons. The van der Waals surface area contributed by atoms with Crippen molar-refractivity contribution in [1.82, 2.24) is 15.3 Å². The Morgan fingerprint density at radius 2 is 2.17 bits per heavy atom. The minimum Gasteiger partial charge on any atom is -0.338 e. The molecule has 0 atom stereocenters. The van der Waals surface area contributed by atoms with Gasteiger partial charge in [0.15, 0.2) is 0 Å². The van der Waals surface area contributed by atoms with Gasteiger partial charge in [-0.05, 0) is 31.3 Å². The molecule has 2 rings (SSSR count). The van der Waals surface area contributed by atoms with Crippen LogP contribution in [0, 0.1) is 5.82 Å². The van der Waals surface area contributed by atoms with Crippen LogP contribution in [-0.2, 0) is 6.54 Å². The lowest BCUT2D eigenvalue weighted by atomic mass is 10.3. The highest BCUT2D eigenvalue weighted by Gasteiger charge is 2.04. The third-order valence-corrected chi connectivity index (χ3v) is 2.72. The van der Waals surface area contributed by atoms with E-state index in [1.165, 1.54) is 6.07 Å². The summed E-state index contributed by atoms with van der Waals surface area (Å²) in [7, 11) is 1.82. The smallest absolute Gasteiger partial charge is 0.146 e. The lowest BCUT2D eigenvalue weighted by Gasteiger charge is -2.08. The summed E-state index contributed by atoms with van der Waals surface area (Å²) in [5, 5.41) is 5.89. The predicted molar refractivity (Wildman–Crippen MR) is 72.2 cm³/mol. The molecule has 0 aliphatic carbocycles. The maximum absolute atomic E-state index is 13.6. The maximum atomic E-state index is 13.6. The number of hydrogen-bond acceptors (Lipinski definition) is 4. The Hall–Kier alpha value is -1.53. The first-order valence-corrected chi connectivity index (χ1v) is 6.17. The van der Waals surface area contributed by atoms with Gasteiger partial charge in [-0.15, -0.1) is 0 Å². The van der Waals surface area contributed by atoms with Crippen molar-refractivity contribution < 1.29 is 4.39 Å². The fourth-order valence-corrected chi connectivity index (χ4v) is 1.80. The zero-order valence-electron chi connectivity index (χ0n) is 9.74. The van der Waals surface area contributed by atoms with E-state index < -0.39 is 0 Å². The molecule has 1 heterocycles. The first-order valence-electron chi connectivity index (χ1n) is 5.37. The summed E-state index contributed by atoms with van der Waals surface area (Å²) in [6.45, 7) is 0.566. The van der Waals surface area contributed by atoms with E-state index in [0.29, 0.717) is 23.9 Å². The van der Waals surface area contributed by atoms with Gasteiger partial charge >= 0.3 is 0 Å². The highest BCUT2D eigenvalue weighted by Crippen LogP contribution is 2.22. The number of anilines is 2. The van der Waals surface area contributed by atoms with E-state index in [2.05, 4.69) is 36.5 Å². The van der Waals surface area contributed by atoms with Crippen molar-refractivity contribution in [1.29, 1.82) is 0 Å². The number of rotatable bonds is 4. The molecule has 2 N–H and O–H groups in total. The Balaban J connectivity index is 2.22. The van der Waals surface area contributed by atoms with Crippen LogP contribution in [-0.4, -0.2) is 17.0 Å². The van der Waals surface area contributed by atoms with Gasteiger partial charge in [0.05, 0.1) is 12.2 Å². The fraction of sp³-hybridized carbons (Fsp3) is 0.167. The molecule has 0 aliphatic rings. The third-order valence-electron chi connectivity index (χ3n) is 2.23. The molecule has 0 saturated carbocycles. The van der Waals surface area contributed by atoms with Crippen molar-refractivity contribution >= 4 is 27.4 Å². The van der Waals surface area contributed by atoms with E-state index in [1.807, 2.05) is 7.05 Å². The van der Waals surface area contributed by atoms with Crippen LogP contribution in [0.25, 0.3) is 0 Å². The number of hydrogen-bond donors (Lipinski definition) is 2. The predicted octanol–water partition coefficient (Wildman–Crippen LogP) is 2.84. The van der Waals surface area contributed by atoms with Gasteiger partial charge in [-0.3, -0.25) is 0 Å². The van der Waals surface area contributed by atoms with E-state index in [9.17, 15) is 4.39 Å². The van der Waals surface area contributed by atoms with Gasteiger partial charge in [-0.25, -0.2) is 14.4 Å². The molecule has 1 aromatic heterocycles. The molecule has 0 spiro atoms. The Labute approximate surface area is 113 Å². The van der Waals surface area contributed by atoms with E-state index in [-0.39, 0.29) is 5.82 Å². The van der Waals surface area contributed by atoms with E-state index >= 15 is 0 Å². The summed E-state index contributed by atoms with van der Waals surface area (Å²) < 4.78 is 14.4. The Morgan fingerprint density at radius 3 is 2.94 bits per heavy atom. The largest absolute Gasteiger partial charge is 0.338 e. The molecule has 0 unspecified atom stereocenters. The van der Waals surface area contributed by atoms with Crippen LogP contribution in [0.4, 0.5) is 15.9 Å². The van der Waals surface area contributed by atoms with Crippen LogP contribution >= 0.6 is 15.9 Å². The number of aromatic nitrogens is 2. The molecule has 6 heteroatoms. The number of benzene rings is 1. The fourth-order valence-electron chi connectivity index (χ4n) is 1.44. The second kappa shape index (κ2) is 5.88. The minimum atomic E-state index is -0.327. The SMILES string of the molecule is CNCc1nccc(Nc2cc(Br)ccc2F)n1. The van der Waals surface area contributed by atoms with Gasteiger partial charge in [0.2, 0.25) is 0 Å². The Kier molecular flexibility index (Phi) is 4.22.